The summed E-state index contributed by atoms with van der Waals surface area (Å²) in [6.45, 7) is 0.148. The molecule has 0 spiro atoms. The summed E-state index contributed by atoms with van der Waals surface area (Å²) in [5.74, 6) is 1.06. The number of nitrogens with one attached hydrogen (secondary N) is 4. The van der Waals surface area contributed by atoms with E-state index in [-0.39, 0.29) is 30.9 Å². The second-order valence-electron chi connectivity index (χ2n) is 20.3. The van der Waals surface area contributed by atoms with Crippen molar-refractivity contribution in [3.05, 3.63) is 275 Å². The third-order valence-corrected chi connectivity index (χ3v) is 15.3. The number of allylic oxidation sites excluding steroid dienone is 2. The second kappa shape index (κ2) is 22.5. The SMILES string of the molecule is N[C@H](CC1=CCc2ccccc21)c1ncc(-c2ccccc2)[nH]1.O=C(N[C@H](Cc1ccc2ccccc2c1)C(=O)N[C@H](CC1=CCc2ccccc21)c1ncc(-c2ccccc2)[nH]1)OCC1c2ccccc2-c2ccccc21. The summed E-state index contributed by atoms with van der Waals surface area (Å²) in [5.41, 5.74) is 23.5. The van der Waals surface area contributed by atoms with Gasteiger partial charge >= 0.3 is 6.09 Å². The predicted molar refractivity (Wildman–Crippen MR) is 311 cm³/mol. The van der Waals surface area contributed by atoms with Crippen LogP contribution >= 0.6 is 0 Å². The normalized spacial score (nSPS) is 14.1. The van der Waals surface area contributed by atoms with Gasteiger partial charge in [-0.05, 0) is 102 Å². The third kappa shape index (κ3) is 10.7. The molecule has 3 atom stereocenters. The zero-order valence-corrected chi connectivity index (χ0v) is 43.1. The molecule has 0 saturated heterocycles. The number of carbonyl (C=O) groups is 2. The summed E-state index contributed by atoms with van der Waals surface area (Å²) in [6.07, 6.45) is 11.0. The van der Waals surface area contributed by atoms with Gasteiger partial charge in [0.25, 0.3) is 0 Å². The van der Waals surface area contributed by atoms with Crippen molar-refractivity contribution in [1.82, 2.24) is 30.6 Å². The maximum atomic E-state index is 14.6. The van der Waals surface area contributed by atoms with Crippen LogP contribution in [0.1, 0.15) is 81.4 Å². The molecule has 78 heavy (non-hydrogen) atoms. The van der Waals surface area contributed by atoms with Crippen molar-refractivity contribution in [2.24, 2.45) is 5.73 Å². The highest BCUT2D eigenvalue weighted by Gasteiger charge is 2.32. The minimum atomic E-state index is -0.923. The number of imidazole rings is 2. The highest BCUT2D eigenvalue weighted by atomic mass is 16.5. The summed E-state index contributed by atoms with van der Waals surface area (Å²) in [5, 5.41) is 8.43. The number of benzene rings is 8. The predicted octanol–water partition coefficient (Wildman–Crippen LogP) is 13.7. The monoisotopic (exact) mass is 1020 g/mol. The fourth-order valence-electron chi connectivity index (χ4n) is 11.3. The first-order valence-electron chi connectivity index (χ1n) is 26.8. The Morgan fingerprint density at radius 1 is 0.538 bits per heavy atom. The molecular weight excluding hydrogens is 963 g/mol. The topological polar surface area (TPSA) is 151 Å². The van der Waals surface area contributed by atoms with Gasteiger partial charge in [-0.15, -0.1) is 0 Å². The molecular formula is C68H59N7O3. The Labute approximate surface area is 454 Å². The van der Waals surface area contributed by atoms with E-state index in [4.69, 9.17) is 15.5 Å². The molecule has 10 nitrogen and oxygen atoms in total. The van der Waals surface area contributed by atoms with Crippen molar-refractivity contribution < 1.29 is 14.3 Å². The summed E-state index contributed by atoms with van der Waals surface area (Å²) in [6, 6.07) is 66.3. The highest BCUT2D eigenvalue weighted by molar-refractivity contribution is 5.88. The van der Waals surface area contributed by atoms with Crippen LogP contribution in [0.15, 0.2) is 225 Å². The lowest BCUT2D eigenvalue weighted by Gasteiger charge is -2.24. The molecule has 2 amide bonds. The molecule has 2 aromatic heterocycles. The number of ether oxygens (including phenoxy) is 1. The molecule has 384 valence electrons. The first-order chi connectivity index (χ1) is 38.4. The van der Waals surface area contributed by atoms with E-state index < -0.39 is 18.2 Å². The Kier molecular flexibility index (Phi) is 14.2. The number of fused-ring (bicyclic) bond motifs is 6. The molecule has 0 fully saturated rings. The van der Waals surface area contributed by atoms with Crippen molar-refractivity contribution in [3.63, 3.8) is 0 Å². The van der Waals surface area contributed by atoms with Gasteiger partial charge in [-0.2, -0.15) is 0 Å². The van der Waals surface area contributed by atoms with E-state index in [9.17, 15) is 9.59 Å². The number of hydrogen-bond acceptors (Lipinski definition) is 6. The van der Waals surface area contributed by atoms with E-state index in [0.717, 1.165) is 91.8 Å². The number of hydrogen-bond donors (Lipinski definition) is 5. The quantitative estimate of drug-likeness (QED) is 0.0690. The fourth-order valence-corrected chi connectivity index (χ4v) is 11.3. The van der Waals surface area contributed by atoms with Gasteiger partial charge in [0.05, 0.1) is 35.9 Å². The number of H-pyrrole nitrogens is 2. The molecule has 3 aliphatic carbocycles. The van der Waals surface area contributed by atoms with Crippen molar-refractivity contribution in [2.75, 3.05) is 6.61 Å². The molecule has 0 radical (unpaired) electrons. The molecule has 8 aromatic carbocycles. The van der Waals surface area contributed by atoms with Gasteiger partial charge in [0.15, 0.2) is 0 Å². The number of aromatic nitrogens is 4. The Bertz CT molecular complexity index is 3790. The second-order valence-corrected chi connectivity index (χ2v) is 20.3. The molecule has 0 unspecified atom stereocenters. The van der Waals surface area contributed by atoms with Crippen molar-refractivity contribution in [1.29, 1.82) is 0 Å². The van der Waals surface area contributed by atoms with Crippen LogP contribution in [0.5, 0.6) is 0 Å². The lowest BCUT2D eigenvalue weighted by atomic mass is 9.98. The number of nitrogens with two attached hydrogens (primary N) is 1. The van der Waals surface area contributed by atoms with E-state index in [1.165, 1.54) is 27.8 Å². The van der Waals surface area contributed by atoms with E-state index in [1.54, 1.807) is 0 Å². The average Bonchev–Trinajstić information content (AvgIpc) is 4.45. The van der Waals surface area contributed by atoms with E-state index in [0.29, 0.717) is 12.2 Å². The van der Waals surface area contributed by atoms with Crippen LogP contribution in [0.3, 0.4) is 0 Å². The van der Waals surface area contributed by atoms with Crippen LogP contribution < -0.4 is 16.4 Å². The van der Waals surface area contributed by atoms with Gasteiger partial charge in [-0.3, -0.25) is 4.79 Å². The number of nitrogens with zero attached hydrogens (tertiary/aromatic N) is 2. The first-order valence-corrected chi connectivity index (χ1v) is 26.8. The van der Waals surface area contributed by atoms with Gasteiger partial charge in [-0.1, -0.05) is 212 Å². The number of amides is 2. The van der Waals surface area contributed by atoms with Crippen LogP contribution in [0.25, 0.3) is 55.6 Å². The fraction of sp³-hybridized carbons (Fsp3) is 0.147. The lowest BCUT2D eigenvalue weighted by Crippen LogP contribution is -2.49. The van der Waals surface area contributed by atoms with E-state index in [1.807, 2.05) is 116 Å². The smallest absolute Gasteiger partial charge is 0.407 e. The Hall–Kier alpha value is -9.38. The third-order valence-electron chi connectivity index (χ3n) is 15.3. The number of aromatic amines is 2. The summed E-state index contributed by atoms with van der Waals surface area (Å²) in [4.78, 5) is 44.4. The molecule has 0 saturated carbocycles. The summed E-state index contributed by atoms with van der Waals surface area (Å²) < 4.78 is 5.96. The molecule has 2 heterocycles. The Morgan fingerprint density at radius 2 is 1.05 bits per heavy atom. The van der Waals surface area contributed by atoms with Crippen molar-refractivity contribution >= 4 is 33.9 Å². The van der Waals surface area contributed by atoms with Gasteiger partial charge < -0.3 is 31.1 Å². The van der Waals surface area contributed by atoms with Crippen LogP contribution in [-0.4, -0.2) is 44.6 Å². The lowest BCUT2D eigenvalue weighted by molar-refractivity contribution is -0.123. The van der Waals surface area contributed by atoms with Crippen LogP contribution in [0.4, 0.5) is 4.79 Å². The molecule has 13 rings (SSSR count). The maximum absolute atomic E-state index is 14.6. The van der Waals surface area contributed by atoms with Crippen LogP contribution in [-0.2, 0) is 28.8 Å². The zero-order chi connectivity index (χ0) is 52.8. The summed E-state index contributed by atoms with van der Waals surface area (Å²) >= 11 is 0. The molecule has 0 aliphatic heterocycles. The van der Waals surface area contributed by atoms with Gasteiger partial charge in [-0.25, -0.2) is 14.8 Å². The van der Waals surface area contributed by atoms with Crippen molar-refractivity contribution in [2.45, 2.75) is 56.1 Å². The first kappa shape index (κ1) is 49.5. The molecule has 10 heteroatoms. The molecule has 0 bridgehead atoms. The number of rotatable bonds is 15. The van der Waals surface area contributed by atoms with Gasteiger partial charge in [0, 0.05) is 18.8 Å². The highest BCUT2D eigenvalue weighted by Crippen LogP contribution is 2.45. The van der Waals surface area contributed by atoms with Crippen molar-refractivity contribution in [3.8, 4) is 33.6 Å². The molecule has 6 N–H and O–H groups in total. The Balaban J connectivity index is 0.000000220. The maximum Gasteiger partial charge on any atom is 0.407 e. The minimum absolute atomic E-state index is 0.101. The average molecular weight is 1020 g/mol. The standard InChI is InChI=1S/C48H40N4O3.C20H19N3/c53-47(51-43(28-36-25-24-33-13-6-7-17-37(33)36)46-49-29-45(50-46)34-14-2-1-3-15-34)44(27-31-22-23-32-12-4-5-16-35(32)26-31)52-48(54)55-30-42-40-20-10-8-18-38(40)39-19-9-11-21-41(39)42;21-18(12-16-11-10-14-6-4-5-9-17(14)16)20-22-13-19(23-20)15-7-2-1-3-8-15/h1-23,25-26,29,42-44H,24,27-28,30H2,(H,49,50)(H,51,53)(H,52,54);1-9,11,13,18H,10,12,21H2,(H,22,23)/t43-,44-;18-/m11/s1. The summed E-state index contributed by atoms with van der Waals surface area (Å²) in [7, 11) is 0. The van der Waals surface area contributed by atoms with Gasteiger partial charge in [0.1, 0.15) is 24.3 Å². The zero-order valence-electron chi connectivity index (χ0n) is 43.1. The van der Waals surface area contributed by atoms with E-state index in [2.05, 4.69) is 135 Å². The Morgan fingerprint density at radius 3 is 1.68 bits per heavy atom. The molecule has 3 aliphatic rings. The number of alkyl carbamates (subject to hydrolysis) is 1. The minimum Gasteiger partial charge on any atom is -0.449 e. The molecule has 10 aromatic rings. The van der Waals surface area contributed by atoms with Crippen LogP contribution in [0.2, 0.25) is 0 Å². The van der Waals surface area contributed by atoms with Crippen LogP contribution in [0, 0.1) is 0 Å². The van der Waals surface area contributed by atoms with Gasteiger partial charge in [0.2, 0.25) is 5.91 Å². The van der Waals surface area contributed by atoms with E-state index >= 15 is 0 Å². The largest absolute Gasteiger partial charge is 0.449 e. The number of carbonyl (C=O) groups excluding carboxylic acids is 2.